The summed E-state index contributed by atoms with van der Waals surface area (Å²) in [6.07, 6.45) is 1.05. The van der Waals surface area contributed by atoms with Crippen LogP contribution < -0.4 is 0 Å². The Hall–Kier alpha value is -2.54. The van der Waals surface area contributed by atoms with Gasteiger partial charge in [0, 0.05) is 21.8 Å². The van der Waals surface area contributed by atoms with Gasteiger partial charge in [-0.05, 0) is 59.9 Å². The summed E-state index contributed by atoms with van der Waals surface area (Å²) in [5, 5.41) is 2.67. The fourth-order valence-corrected chi connectivity index (χ4v) is 3.65. The largest absolute Gasteiger partial charge is 0.355 e. The topological polar surface area (TPSA) is 15.8 Å². The lowest BCUT2D eigenvalue weighted by Crippen LogP contribution is -1.80. The van der Waals surface area contributed by atoms with E-state index in [0.717, 1.165) is 6.42 Å². The van der Waals surface area contributed by atoms with Crippen LogP contribution in [0.2, 0.25) is 0 Å². The van der Waals surface area contributed by atoms with Crippen LogP contribution in [0.3, 0.4) is 0 Å². The number of aromatic amines is 1. The second-order valence-corrected chi connectivity index (χ2v) is 6.06. The van der Waals surface area contributed by atoms with Gasteiger partial charge in [-0.2, -0.15) is 0 Å². The van der Waals surface area contributed by atoms with Gasteiger partial charge in [-0.15, -0.1) is 0 Å². The molecule has 0 spiro atoms. The van der Waals surface area contributed by atoms with Crippen LogP contribution >= 0.6 is 0 Å². The third-order valence-corrected chi connectivity index (χ3v) is 4.67. The van der Waals surface area contributed by atoms with E-state index in [1.807, 2.05) is 0 Å². The molecule has 21 heavy (non-hydrogen) atoms. The molecule has 0 amide bonds. The summed E-state index contributed by atoms with van der Waals surface area (Å²) in [6.45, 7) is 2.15. The maximum Gasteiger partial charge on any atom is 0.0468 e. The summed E-state index contributed by atoms with van der Waals surface area (Å²) in [5.41, 5.74) is 9.48. The summed E-state index contributed by atoms with van der Waals surface area (Å²) in [6, 6.07) is 20.1. The molecule has 0 aliphatic heterocycles. The lowest BCUT2D eigenvalue weighted by atomic mass is 10.0. The van der Waals surface area contributed by atoms with Crippen LogP contribution in [0, 0.1) is 6.92 Å². The maximum absolute atomic E-state index is 3.56. The van der Waals surface area contributed by atoms with Crippen LogP contribution in [0.1, 0.15) is 16.7 Å². The second kappa shape index (κ2) is 3.76. The minimum atomic E-state index is 1.05. The lowest BCUT2D eigenvalue weighted by molar-refractivity contribution is 1.27. The molecule has 100 valence electrons. The monoisotopic (exact) mass is 269 g/mol. The summed E-state index contributed by atoms with van der Waals surface area (Å²) in [4.78, 5) is 3.56. The predicted molar refractivity (Wildman–Crippen MR) is 88.8 cm³/mol. The van der Waals surface area contributed by atoms with Crippen LogP contribution in [-0.4, -0.2) is 4.98 Å². The number of rotatable bonds is 0. The van der Waals surface area contributed by atoms with Crippen LogP contribution in [0.4, 0.5) is 0 Å². The van der Waals surface area contributed by atoms with E-state index in [4.69, 9.17) is 0 Å². The fraction of sp³-hybridized carbons (Fsp3) is 0.100. The molecule has 4 aromatic rings. The van der Waals surface area contributed by atoms with E-state index < -0.39 is 0 Å². The Morgan fingerprint density at radius 3 is 2.57 bits per heavy atom. The first-order valence-electron chi connectivity index (χ1n) is 7.43. The average molecular weight is 269 g/mol. The molecular formula is C20H15N. The zero-order valence-electron chi connectivity index (χ0n) is 11.9. The number of nitrogens with one attached hydrogen (secondary N) is 1. The van der Waals surface area contributed by atoms with Gasteiger partial charge in [0.2, 0.25) is 0 Å². The molecule has 0 atom stereocenters. The zero-order chi connectivity index (χ0) is 14.0. The van der Waals surface area contributed by atoms with Crippen molar-refractivity contribution in [2.75, 3.05) is 0 Å². The van der Waals surface area contributed by atoms with Crippen molar-refractivity contribution in [1.29, 1.82) is 0 Å². The first kappa shape index (κ1) is 11.2. The van der Waals surface area contributed by atoms with Gasteiger partial charge in [-0.25, -0.2) is 0 Å². The van der Waals surface area contributed by atoms with Gasteiger partial charge in [0.05, 0.1) is 0 Å². The highest BCUT2D eigenvalue weighted by molar-refractivity contribution is 6.09. The Balaban J connectivity index is 1.90. The predicted octanol–water partition coefficient (Wildman–Crippen LogP) is 5.20. The number of aromatic nitrogens is 1. The molecule has 0 unspecified atom stereocenters. The Morgan fingerprint density at radius 2 is 1.62 bits per heavy atom. The van der Waals surface area contributed by atoms with E-state index in [2.05, 4.69) is 66.5 Å². The summed E-state index contributed by atoms with van der Waals surface area (Å²) < 4.78 is 0. The Labute approximate surface area is 123 Å². The SMILES string of the molecule is Cc1ccc2[nH]c3cc4c(cc3c2c1)-c1ccccc1C4. The zero-order valence-corrected chi connectivity index (χ0v) is 11.9. The molecule has 0 saturated carbocycles. The van der Waals surface area contributed by atoms with Crippen LogP contribution in [0.15, 0.2) is 54.6 Å². The minimum Gasteiger partial charge on any atom is -0.355 e. The quantitative estimate of drug-likeness (QED) is 0.397. The van der Waals surface area contributed by atoms with E-state index in [1.54, 1.807) is 0 Å². The summed E-state index contributed by atoms with van der Waals surface area (Å²) in [5.74, 6) is 0. The van der Waals surface area contributed by atoms with E-state index >= 15 is 0 Å². The molecule has 0 bridgehead atoms. The molecule has 1 aliphatic carbocycles. The lowest BCUT2D eigenvalue weighted by Gasteiger charge is -2.01. The third-order valence-electron chi connectivity index (χ3n) is 4.67. The number of hydrogen-bond donors (Lipinski definition) is 1. The van der Waals surface area contributed by atoms with E-state index in [9.17, 15) is 0 Å². The number of fused-ring (bicyclic) bond motifs is 6. The van der Waals surface area contributed by atoms with Crippen molar-refractivity contribution >= 4 is 21.8 Å². The molecule has 1 nitrogen and oxygen atoms in total. The van der Waals surface area contributed by atoms with Gasteiger partial charge in [0.25, 0.3) is 0 Å². The first-order valence-corrected chi connectivity index (χ1v) is 7.43. The molecule has 5 rings (SSSR count). The standard InChI is InChI=1S/C20H15N/c1-12-6-7-19-17(8-12)18-11-16-14(10-20(18)21-19)9-13-4-2-3-5-15(13)16/h2-8,10-11,21H,9H2,1H3. The third kappa shape index (κ3) is 1.46. The van der Waals surface area contributed by atoms with Gasteiger partial charge in [-0.1, -0.05) is 35.9 Å². The highest BCUT2D eigenvalue weighted by atomic mass is 14.7. The van der Waals surface area contributed by atoms with Crippen molar-refractivity contribution in [1.82, 2.24) is 4.98 Å². The van der Waals surface area contributed by atoms with Crippen LogP contribution in [0.5, 0.6) is 0 Å². The van der Waals surface area contributed by atoms with Crippen molar-refractivity contribution in [3.63, 3.8) is 0 Å². The Kier molecular flexibility index (Phi) is 2.00. The van der Waals surface area contributed by atoms with Gasteiger partial charge in [-0.3, -0.25) is 0 Å². The number of benzene rings is 3. The van der Waals surface area contributed by atoms with Crippen molar-refractivity contribution in [3.05, 3.63) is 71.3 Å². The van der Waals surface area contributed by atoms with Crippen LogP contribution in [-0.2, 0) is 6.42 Å². The fourth-order valence-electron chi connectivity index (χ4n) is 3.65. The van der Waals surface area contributed by atoms with Gasteiger partial charge in [0.1, 0.15) is 0 Å². The average Bonchev–Trinajstić information content (AvgIpc) is 3.02. The molecular weight excluding hydrogens is 254 g/mol. The van der Waals surface area contributed by atoms with Crippen molar-refractivity contribution in [3.8, 4) is 11.1 Å². The normalized spacial score (nSPS) is 12.8. The molecule has 1 N–H and O–H groups in total. The van der Waals surface area contributed by atoms with E-state index in [-0.39, 0.29) is 0 Å². The number of aryl methyl sites for hydroxylation is 1. The second-order valence-electron chi connectivity index (χ2n) is 6.06. The molecule has 0 radical (unpaired) electrons. The Morgan fingerprint density at radius 1 is 0.762 bits per heavy atom. The van der Waals surface area contributed by atoms with Crippen molar-refractivity contribution in [2.45, 2.75) is 13.3 Å². The van der Waals surface area contributed by atoms with E-state index in [1.165, 1.54) is 49.6 Å². The van der Waals surface area contributed by atoms with Crippen molar-refractivity contribution in [2.24, 2.45) is 0 Å². The van der Waals surface area contributed by atoms with E-state index in [0.29, 0.717) is 0 Å². The van der Waals surface area contributed by atoms with Gasteiger partial charge < -0.3 is 4.98 Å². The molecule has 1 aliphatic rings. The smallest absolute Gasteiger partial charge is 0.0468 e. The Bertz CT molecular complexity index is 1020. The molecule has 1 heteroatoms. The summed E-state index contributed by atoms with van der Waals surface area (Å²) >= 11 is 0. The highest BCUT2D eigenvalue weighted by Crippen LogP contribution is 2.40. The van der Waals surface area contributed by atoms with Crippen LogP contribution in [0.25, 0.3) is 32.9 Å². The van der Waals surface area contributed by atoms with Gasteiger partial charge >= 0.3 is 0 Å². The number of hydrogen-bond acceptors (Lipinski definition) is 0. The molecule has 1 heterocycles. The van der Waals surface area contributed by atoms with Crippen molar-refractivity contribution < 1.29 is 0 Å². The summed E-state index contributed by atoms with van der Waals surface area (Å²) in [7, 11) is 0. The highest BCUT2D eigenvalue weighted by Gasteiger charge is 2.19. The first-order chi connectivity index (χ1) is 10.3. The molecule has 0 fully saturated rings. The molecule has 1 aromatic heterocycles. The minimum absolute atomic E-state index is 1.05. The maximum atomic E-state index is 3.56. The van der Waals surface area contributed by atoms with Gasteiger partial charge in [0.15, 0.2) is 0 Å². The molecule has 3 aromatic carbocycles. The number of H-pyrrole nitrogens is 1. The molecule has 0 saturated heterocycles.